The van der Waals surface area contributed by atoms with Crippen molar-refractivity contribution in [2.24, 2.45) is 0 Å². The molecule has 28 heavy (non-hydrogen) atoms. The molecule has 0 radical (unpaired) electrons. The highest BCUT2D eigenvalue weighted by Crippen LogP contribution is 2.42. The minimum Gasteiger partial charge on any atom is -0.508 e. The molecule has 0 spiro atoms. The van der Waals surface area contributed by atoms with Gasteiger partial charge in [-0.1, -0.05) is 36.4 Å². The smallest absolute Gasteiger partial charge is 0.214 e. The number of phenols is 1. The fourth-order valence-corrected chi connectivity index (χ4v) is 4.61. The number of hydrogen-bond donors (Lipinski definition) is 3. The van der Waals surface area contributed by atoms with Gasteiger partial charge in [0.15, 0.2) is 4.77 Å². The van der Waals surface area contributed by atoms with E-state index in [1.165, 1.54) is 0 Å². The highest BCUT2D eigenvalue weighted by atomic mass is 32.1. The van der Waals surface area contributed by atoms with Crippen molar-refractivity contribution in [1.82, 2.24) is 14.1 Å². The molecule has 1 aliphatic rings. The van der Waals surface area contributed by atoms with Crippen molar-refractivity contribution in [3.8, 4) is 11.6 Å². The molecule has 4 aromatic rings. The van der Waals surface area contributed by atoms with Gasteiger partial charge in [0.05, 0.1) is 5.69 Å². The van der Waals surface area contributed by atoms with E-state index >= 15 is 0 Å². The molecule has 2 aromatic carbocycles. The summed E-state index contributed by atoms with van der Waals surface area (Å²) in [6.45, 7) is 4.23. The lowest BCUT2D eigenvalue weighted by atomic mass is 9.93. The topological polar surface area (TPSA) is 66.1 Å². The van der Waals surface area contributed by atoms with Gasteiger partial charge in [-0.2, -0.15) is 0 Å². The zero-order valence-corrected chi connectivity index (χ0v) is 15.9. The Bertz CT molecular complexity index is 1280. The molecule has 3 N–H and O–H groups in total. The number of fused-ring (bicyclic) bond motifs is 4. The summed E-state index contributed by atoms with van der Waals surface area (Å²) in [6, 6.07) is 15.1. The van der Waals surface area contributed by atoms with Gasteiger partial charge in [-0.15, -0.1) is 6.58 Å². The van der Waals surface area contributed by atoms with E-state index < -0.39 is 0 Å². The van der Waals surface area contributed by atoms with E-state index in [-0.39, 0.29) is 17.7 Å². The summed E-state index contributed by atoms with van der Waals surface area (Å²) < 4.78 is 4.27. The number of nitrogens with one attached hydrogen (secondary N) is 1. The first-order valence-electron chi connectivity index (χ1n) is 9.12. The summed E-state index contributed by atoms with van der Waals surface area (Å²) in [7, 11) is 0. The number of phenolic OH excluding ortho intramolecular Hbond substituents is 1. The van der Waals surface area contributed by atoms with Crippen LogP contribution < -0.4 is 0 Å². The van der Waals surface area contributed by atoms with Crippen molar-refractivity contribution in [3.63, 3.8) is 0 Å². The first-order chi connectivity index (χ1) is 13.6. The van der Waals surface area contributed by atoms with Gasteiger partial charge in [-0.25, -0.2) is 0 Å². The van der Waals surface area contributed by atoms with Crippen LogP contribution in [0.2, 0.25) is 0 Å². The summed E-state index contributed by atoms with van der Waals surface area (Å²) >= 11 is 5.73. The van der Waals surface area contributed by atoms with Crippen LogP contribution in [0, 0.1) is 4.77 Å². The first kappa shape index (κ1) is 16.9. The van der Waals surface area contributed by atoms with Gasteiger partial charge >= 0.3 is 0 Å². The third kappa shape index (κ3) is 2.28. The summed E-state index contributed by atoms with van der Waals surface area (Å²) in [5.41, 5.74) is 5.06. The van der Waals surface area contributed by atoms with Gasteiger partial charge in [0.1, 0.15) is 11.8 Å². The van der Waals surface area contributed by atoms with Crippen LogP contribution >= 0.6 is 12.2 Å². The monoisotopic (exact) mass is 389 g/mol. The molecule has 0 saturated carbocycles. The van der Waals surface area contributed by atoms with Crippen LogP contribution in [-0.2, 0) is 13.0 Å². The van der Waals surface area contributed by atoms with Gasteiger partial charge in [0.25, 0.3) is 0 Å². The van der Waals surface area contributed by atoms with E-state index in [1.54, 1.807) is 22.8 Å². The molecule has 0 bridgehead atoms. The number of H-pyrrole nitrogens is 1. The van der Waals surface area contributed by atoms with E-state index in [4.69, 9.17) is 12.2 Å². The Kier molecular flexibility index (Phi) is 3.70. The number of imidazole rings is 1. The Balaban J connectivity index is 1.84. The largest absolute Gasteiger partial charge is 0.508 e. The number of para-hydroxylation sites is 1. The van der Waals surface area contributed by atoms with E-state index in [0.29, 0.717) is 17.7 Å². The average Bonchev–Trinajstić information content (AvgIpc) is 3.19. The quantitative estimate of drug-likeness (QED) is 0.311. The molecule has 0 fully saturated rings. The van der Waals surface area contributed by atoms with Crippen LogP contribution in [0.1, 0.15) is 28.6 Å². The predicted octanol–water partition coefficient (Wildman–Crippen LogP) is 4.64. The van der Waals surface area contributed by atoms with E-state index in [2.05, 4.69) is 23.7 Å². The maximum Gasteiger partial charge on any atom is 0.214 e. The molecule has 1 unspecified atom stereocenters. The molecule has 0 saturated heterocycles. The van der Waals surface area contributed by atoms with Gasteiger partial charge in [-0.3, -0.25) is 4.57 Å². The minimum absolute atomic E-state index is 0.185. The van der Waals surface area contributed by atoms with E-state index in [1.807, 2.05) is 28.8 Å². The molecule has 2 aromatic heterocycles. The second kappa shape index (κ2) is 6.14. The van der Waals surface area contributed by atoms with Crippen molar-refractivity contribution in [2.45, 2.75) is 19.0 Å². The second-order valence-corrected chi connectivity index (χ2v) is 7.42. The number of aromatic hydroxyl groups is 2. The average molecular weight is 389 g/mol. The minimum atomic E-state index is -0.212. The van der Waals surface area contributed by atoms with Gasteiger partial charge in [0, 0.05) is 29.6 Å². The third-order valence-electron chi connectivity index (χ3n) is 5.48. The molecule has 0 aliphatic carbocycles. The number of nitrogens with zero attached hydrogens (tertiary/aromatic N) is 2. The van der Waals surface area contributed by atoms with Crippen molar-refractivity contribution < 1.29 is 10.2 Å². The van der Waals surface area contributed by atoms with Crippen LogP contribution in [0.3, 0.4) is 0 Å². The summed E-state index contributed by atoms with van der Waals surface area (Å²) in [6.07, 6.45) is 2.32. The fourth-order valence-electron chi connectivity index (χ4n) is 4.24. The lowest BCUT2D eigenvalue weighted by Gasteiger charge is -2.26. The van der Waals surface area contributed by atoms with Crippen LogP contribution in [0.15, 0.2) is 61.2 Å². The van der Waals surface area contributed by atoms with Crippen LogP contribution in [0.4, 0.5) is 0 Å². The standard InChI is InChI=1S/C22H19N3O2S/c1-2-11-24-21(27)18-12-16-15-5-3-4-6-17(15)23-19(16)20(25(18)22(24)28)13-7-9-14(26)10-8-13/h2-10,20,23,26-27H,1,11-12H2. The molecule has 5 rings (SSSR count). The second-order valence-electron chi connectivity index (χ2n) is 7.06. The Morgan fingerprint density at radius 3 is 2.64 bits per heavy atom. The number of aromatic amines is 1. The third-order valence-corrected chi connectivity index (χ3v) is 5.90. The molecular weight excluding hydrogens is 370 g/mol. The summed E-state index contributed by atoms with van der Waals surface area (Å²) in [4.78, 5) is 3.57. The maximum absolute atomic E-state index is 10.9. The van der Waals surface area contributed by atoms with Crippen molar-refractivity contribution in [2.75, 3.05) is 0 Å². The summed E-state index contributed by atoms with van der Waals surface area (Å²) in [5, 5.41) is 21.8. The zero-order valence-electron chi connectivity index (χ0n) is 15.1. The Labute approximate surface area is 166 Å². The van der Waals surface area contributed by atoms with Crippen molar-refractivity contribution >= 4 is 23.1 Å². The van der Waals surface area contributed by atoms with Gasteiger partial charge in [-0.05, 0) is 41.5 Å². The lowest BCUT2D eigenvalue weighted by Crippen LogP contribution is -2.21. The van der Waals surface area contributed by atoms with Gasteiger partial charge < -0.3 is 19.8 Å². The van der Waals surface area contributed by atoms with Gasteiger partial charge in [0.2, 0.25) is 5.88 Å². The highest BCUT2D eigenvalue weighted by Gasteiger charge is 2.34. The SMILES string of the molecule is C=CCn1c(O)c2n(c1=S)C(c1ccc(O)cc1)c1[nH]c3ccccc3c1C2. The van der Waals surface area contributed by atoms with E-state index in [0.717, 1.165) is 33.4 Å². The molecule has 3 heterocycles. The molecule has 1 aliphatic heterocycles. The molecule has 140 valence electrons. The highest BCUT2D eigenvalue weighted by molar-refractivity contribution is 7.71. The van der Waals surface area contributed by atoms with Crippen molar-refractivity contribution in [1.29, 1.82) is 0 Å². The molecule has 1 atom stereocenters. The Morgan fingerprint density at radius 2 is 1.89 bits per heavy atom. The number of allylic oxidation sites excluding steroid dienone is 1. The maximum atomic E-state index is 10.9. The number of hydrogen-bond acceptors (Lipinski definition) is 3. The van der Waals surface area contributed by atoms with Crippen molar-refractivity contribution in [3.05, 3.63) is 88.5 Å². The fraction of sp³-hybridized carbons (Fsp3) is 0.136. The first-order valence-corrected chi connectivity index (χ1v) is 9.53. The molecule has 0 amide bonds. The molecule has 6 heteroatoms. The molecule has 5 nitrogen and oxygen atoms in total. The predicted molar refractivity (Wildman–Crippen MR) is 112 cm³/mol. The number of benzene rings is 2. The van der Waals surface area contributed by atoms with Crippen LogP contribution in [0.5, 0.6) is 11.6 Å². The Morgan fingerprint density at radius 1 is 1.14 bits per heavy atom. The lowest BCUT2D eigenvalue weighted by molar-refractivity contribution is 0.418. The Hall–Kier alpha value is -3.25. The normalized spacial score (nSPS) is 15.4. The molecular formula is C22H19N3O2S. The summed E-state index contributed by atoms with van der Waals surface area (Å²) in [5.74, 6) is 0.400. The number of rotatable bonds is 3. The number of aromatic nitrogens is 3. The zero-order chi connectivity index (χ0) is 19.4. The van der Waals surface area contributed by atoms with E-state index in [9.17, 15) is 10.2 Å². The van der Waals surface area contributed by atoms with Crippen LogP contribution in [-0.4, -0.2) is 24.3 Å². The van der Waals surface area contributed by atoms with Crippen LogP contribution in [0.25, 0.3) is 10.9 Å².